The maximum atomic E-state index is 12.4. The molecule has 3 aliphatic rings. The number of carbonyl (C=O) groups excluding carboxylic acids is 2. The molecule has 0 bridgehead atoms. The Bertz CT molecular complexity index is 617. The molecule has 0 spiro atoms. The van der Waals surface area contributed by atoms with Crippen molar-refractivity contribution in [3.63, 3.8) is 0 Å². The minimum atomic E-state index is -1.59. The maximum Gasteiger partial charge on any atom is 0.337 e. The second-order valence-corrected chi connectivity index (χ2v) is 7.11. The molecule has 0 aromatic heterocycles. The number of hydrogen-bond donors (Lipinski definition) is 4. The Balaban J connectivity index is 1.82. The molecule has 0 aromatic rings. The molecule has 4 N–H and O–H groups in total. The van der Waals surface area contributed by atoms with Crippen LogP contribution in [0.3, 0.4) is 0 Å². The van der Waals surface area contributed by atoms with Gasteiger partial charge in [-0.1, -0.05) is 6.92 Å². The molecule has 1 saturated carbocycles. The van der Waals surface area contributed by atoms with Crippen LogP contribution in [0.5, 0.6) is 0 Å². The predicted octanol–water partition coefficient (Wildman–Crippen LogP) is -1.94. The van der Waals surface area contributed by atoms with Crippen LogP contribution in [0, 0.1) is 17.8 Å². The highest BCUT2D eigenvalue weighted by Gasteiger charge is 2.54. The quantitative estimate of drug-likeness (QED) is 0.400. The van der Waals surface area contributed by atoms with Crippen LogP contribution in [-0.2, 0) is 28.5 Å². The lowest BCUT2D eigenvalue weighted by Crippen LogP contribution is -2.60. The number of methoxy groups -OCH3 is 1. The lowest BCUT2D eigenvalue weighted by molar-refractivity contribution is -0.342. The first-order valence-electron chi connectivity index (χ1n) is 8.72. The van der Waals surface area contributed by atoms with Gasteiger partial charge in [-0.05, 0) is 5.92 Å². The summed E-state index contributed by atoms with van der Waals surface area (Å²) < 4.78 is 21.2. The van der Waals surface area contributed by atoms with E-state index in [1.54, 1.807) is 0 Å². The van der Waals surface area contributed by atoms with Crippen LogP contribution in [0.25, 0.3) is 0 Å². The predicted molar refractivity (Wildman–Crippen MR) is 85.6 cm³/mol. The average molecular weight is 388 g/mol. The SMILES string of the molecule is COC(=O)C1=CO[C@H](O[C@H]2O[C@H](CO)[C@H](O)[C@H](O)[C@@H]2O)[C@@H]2[C@H]1C(=O)C[C@H]2C. The molecule has 3 rings (SSSR count). The van der Waals surface area contributed by atoms with Gasteiger partial charge < -0.3 is 39.4 Å². The first-order chi connectivity index (χ1) is 12.8. The van der Waals surface area contributed by atoms with Crippen molar-refractivity contribution >= 4 is 11.8 Å². The highest BCUT2D eigenvalue weighted by Crippen LogP contribution is 2.45. The highest BCUT2D eigenvalue weighted by molar-refractivity contribution is 5.99. The van der Waals surface area contributed by atoms with Crippen molar-refractivity contribution in [1.82, 2.24) is 0 Å². The minimum Gasteiger partial charge on any atom is -0.472 e. The third kappa shape index (κ3) is 3.48. The molecular formula is C17H24O10. The van der Waals surface area contributed by atoms with Crippen LogP contribution in [0.1, 0.15) is 13.3 Å². The Hall–Kier alpha value is -1.56. The summed E-state index contributed by atoms with van der Waals surface area (Å²) in [7, 11) is 1.21. The number of carbonyl (C=O) groups is 2. The Morgan fingerprint density at radius 1 is 1.22 bits per heavy atom. The molecular weight excluding hydrogens is 364 g/mol. The normalized spacial score (nSPS) is 44.3. The van der Waals surface area contributed by atoms with E-state index in [4.69, 9.17) is 18.9 Å². The van der Waals surface area contributed by atoms with Crippen molar-refractivity contribution in [3.05, 3.63) is 11.8 Å². The van der Waals surface area contributed by atoms with Crippen LogP contribution >= 0.6 is 0 Å². The summed E-state index contributed by atoms with van der Waals surface area (Å²) in [4.78, 5) is 24.4. The van der Waals surface area contributed by atoms with Gasteiger partial charge in [0, 0.05) is 12.3 Å². The van der Waals surface area contributed by atoms with E-state index in [0.717, 1.165) is 6.26 Å². The third-order valence-corrected chi connectivity index (χ3v) is 5.43. The smallest absolute Gasteiger partial charge is 0.337 e. The van der Waals surface area contributed by atoms with Crippen molar-refractivity contribution in [3.8, 4) is 0 Å². The van der Waals surface area contributed by atoms with Crippen molar-refractivity contribution in [2.24, 2.45) is 17.8 Å². The van der Waals surface area contributed by atoms with E-state index in [9.17, 15) is 30.0 Å². The molecule has 2 fully saturated rings. The summed E-state index contributed by atoms with van der Waals surface area (Å²) in [6, 6.07) is 0. The van der Waals surface area contributed by atoms with Crippen LogP contribution in [0.4, 0.5) is 0 Å². The number of Topliss-reactive ketones (excluding diaryl/α,β-unsaturated/α-hetero) is 1. The number of fused-ring (bicyclic) bond motifs is 1. The molecule has 152 valence electrons. The molecule has 2 aliphatic heterocycles. The van der Waals surface area contributed by atoms with E-state index in [1.807, 2.05) is 6.92 Å². The summed E-state index contributed by atoms with van der Waals surface area (Å²) in [5.74, 6) is -2.28. The molecule has 9 atom stereocenters. The van der Waals surface area contributed by atoms with Crippen molar-refractivity contribution in [2.45, 2.75) is 50.3 Å². The van der Waals surface area contributed by atoms with Crippen LogP contribution in [0.15, 0.2) is 11.8 Å². The lowest BCUT2D eigenvalue weighted by Gasteiger charge is -2.42. The topological polar surface area (TPSA) is 152 Å². The van der Waals surface area contributed by atoms with Gasteiger partial charge in [0.2, 0.25) is 6.29 Å². The fourth-order valence-corrected chi connectivity index (χ4v) is 3.96. The number of aliphatic hydroxyl groups excluding tert-OH is 4. The van der Waals surface area contributed by atoms with Gasteiger partial charge in [0.25, 0.3) is 0 Å². The number of hydrogen-bond acceptors (Lipinski definition) is 10. The molecule has 27 heavy (non-hydrogen) atoms. The van der Waals surface area contributed by atoms with E-state index in [2.05, 4.69) is 0 Å². The first-order valence-corrected chi connectivity index (χ1v) is 8.72. The number of ether oxygens (including phenoxy) is 4. The molecule has 0 amide bonds. The molecule has 0 aromatic carbocycles. The van der Waals surface area contributed by atoms with Gasteiger partial charge in [-0.15, -0.1) is 0 Å². The summed E-state index contributed by atoms with van der Waals surface area (Å²) in [5, 5.41) is 39.1. The first kappa shape index (κ1) is 20.2. The van der Waals surface area contributed by atoms with Crippen molar-refractivity contribution < 1.29 is 49.0 Å². The van der Waals surface area contributed by atoms with E-state index in [1.165, 1.54) is 7.11 Å². The van der Waals surface area contributed by atoms with Gasteiger partial charge >= 0.3 is 5.97 Å². The number of ketones is 1. The fraction of sp³-hybridized carbons (Fsp3) is 0.765. The molecule has 1 saturated heterocycles. The number of esters is 1. The zero-order valence-corrected chi connectivity index (χ0v) is 14.9. The Kier molecular flexibility index (Phi) is 5.84. The van der Waals surface area contributed by atoms with Gasteiger partial charge in [0.1, 0.15) is 30.2 Å². The average Bonchev–Trinajstić information content (AvgIpc) is 2.96. The second-order valence-electron chi connectivity index (χ2n) is 7.11. The maximum absolute atomic E-state index is 12.4. The van der Waals surface area contributed by atoms with Crippen LogP contribution < -0.4 is 0 Å². The van der Waals surface area contributed by atoms with Crippen LogP contribution in [-0.4, -0.2) is 82.9 Å². The van der Waals surface area contributed by atoms with Crippen LogP contribution in [0.2, 0.25) is 0 Å². The largest absolute Gasteiger partial charge is 0.472 e. The minimum absolute atomic E-state index is 0.102. The van der Waals surface area contributed by atoms with Crippen molar-refractivity contribution in [2.75, 3.05) is 13.7 Å². The molecule has 10 heteroatoms. The molecule has 2 heterocycles. The second kappa shape index (κ2) is 7.82. The Labute approximate surface area is 155 Å². The highest BCUT2D eigenvalue weighted by atomic mass is 16.8. The van der Waals surface area contributed by atoms with Gasteiger partial charge in [0.15, 0.2) is 6.29 Å². The molecule has 0 unspecified atom stereocenters. The van der Waals surface area contributed by atoms with E-state index >= 15 is 0 Å². The fourth-order valence-electron chi connectivity index (χ4n) is 3.96. The molecule has 10 nitrogen and oxygen atoms in total. The summed E-state index contributed by atoms with van der Waals surface area (Å²) in [6.45, 7) is 1.22. The lowest BCUT2D eigenvalue weighted by atomic mass is 9.83. The Morgan fingerprint density at radius 2 is 1.93 bits per heavy atom. The number of rotatable bonds is 4. The van der Waals surface area contributed by atoms with Gasteiger partial charge in [-0.3, -0.25) is 4.79 Å². The van der Waals surface area contributed by atoms with Gasteiger partial charge in [-0.2, -0.15) is 0 Å². The van der Waals surface area contributed by atoms with Gasteiger partial charge in [-0.25, -0.2) is 4.79 Å². The molecule has 0 radical (unpaired) electrons. The number of aliphatic hydroxyl groups is 4. The molecule has 1 aliphatic carbocycles. The summed E-state index contributed by atoms with van der Waals surface area (Å²) >= 11 is 0. The summed E-state index contributed by atoms with van der Waals surface area (Å²) in [5.41, 5.74) is 0.102. The van der Waals surface area contributed by atoms with E-state index in [0.29, 0.717) is 0 Å². The zero-order valence-electron chi connectivity index (χ0n) is 14.9. The third-order valence-electron chi connectivity index (χ3n) is 5.43. The standard InChI is InChI=1S/C17H24O10/c1-6-3-8(19)11-7(15(23)24-2)5-25-16(10(6)11)27-17-14(22)13(21)12(20)9(4-18)26-17/h5-6,9-14,16-18,20-22H,3-4H2,1-2H3/t6-,9-,10+,11-,12+,13+,14+,16-,17-/m1/s1. The monoisotopic (exact) mass is 388 g/mol. The van der Waals surface area contributed by atoms with E-state index < -0.39 is 61.4 Å². The Morgan fingerprint density at radius 3 is 2.56 bits per heavy atom. The zero-order chi connectivity index (χ0) is 19.9. The van der Waals surface area contributed by atoms with Crippen molar-refractivity contribution in [1.29, 1.82) is 0 Å². The van der Waals surface area contributed by atoms with Gasteiger partial charge in [0.05, 0.1) is 31.5 Å². The summed E-state index contributed by atoms with van der Waals surface area (Å²) in [6.07, 6.45) is -6.93. The van der Waals surface area contributed by atoms with E-state index in [-0.39, 0.29) is 23.7 Å².